The molecule has 0 aliphatic carbocycles. The van der Waals surface area contributed by atoms with Crippen molar-refractivity contribution in [2.45, 2.75) is 13.8 Å². The molecule has 0 atom stereocenters. The smallest absolute Gasteiger partial charge is 0.305 e. The van der Waals surface area contributed by atoms with E-state index in [1.54, 1.807) is 31.4 Å². The van der Waals surface area contributed by atoms with Gasteiger partial charge in [-0.25, -0.2) is 0 Å². The van der Waals surface area contributed by atoms with E-state index in [0.717, 1.165) is 9.80 Å². The molecule has 6 nitrogen and oxygen atoms in total. The summed E-state index contributed by atoms with van der Waals surface area (Å²) in [5, 5.41) is 12.4. The lowest BCUT2D eigenvalue weighted by Crippen LogP contribution is -1.95. The average Bonchev–Trinajstić information content (AvgIpc) is 2.97. The first-order chi connectivity index (χ1) is 11.0. The fourth-order valence-corrected chi connectivity index (χ4v) is 6.47. The first-order valence-corrected chi connectivity index (χ1v) is 10.1. The average molecular weight is 373 g/mol. The number of hydrogen-bond donors (Lipinski definition) is 0. The van der Waals surface area contributed by atoms with Gasteiger partial charge in [-0.15, -0.1) is 0 Å². The number of hydrogen-bond acceptors (Lipinski definition) is 7. The van der Waals surface area contributed by atoms with Crippen LogP contribution >= 0.6 is 31.1 Å². The molecule has 0 bridgehead atoms. The molecule has 0 N–H and O–H groups in total. The zero-order valence-electron chi connectivity index (χ0n) is 12.6. The summed E-state index contributed by atoms with van der Waals surface area (Å²) in [5.41, 5.74) is 0.887. The topological polar surface area (TPSA) is 78.7 Å². The maximum absolute atomic E-state index is 12.7. The molecule has 124 valence electrons. The minimum absolute atomic E-state index is 0.0508. The summed E-state index contributed by atoms with van der Waals surface area (Å²) in [4.78, 5) is 10.2. The van der Waals surface area contributed by atoms with Crippen LogP contribution in [0.15, 0.2) is 38.6 Å². The van der Waals surface area contributed by atoms with E-state index in [9.17, 15) is 14.7 Å². The largest absolute Gasteiger partial charge is 0.368 e. The van der Waals surface area contributed by atoms with Gasteiger partial charge in [-0.2, -0.15) is 0 Å². The molecule has 2 rings (SSSR count). The Morgan fingerprint density at radius 3 is 2.35 bits per heavy atom. The molecular weight excluding hydrogens is 357 g/mol. The normalized spacial score (nSPS) is 16.6. The van der Waals surface area contributed by atoms with Crippen LogP contribution in [-0.2, 0) is 13.6 Å². The second-order valence-corrected chi connectivity index (χ2v) is 8.87. The molecule has 0 unspecified atom stereocenters. The van der Waals surface area contributed by atoms with Crippen molar-refractivity contribution < 1.29 is 18.5 Å². The number of nitro groups is 1. The molecule has 0 amide bonds. The van der Waals surface area contributed by atoms with E-state index in [2.05, 4.69) is 0 Å². The van der Waals surface area contributed by atoms with Crippen LogP contribution in [0.25, 0.3) is 6.08 Å². The minimum atomic E-state index is -3.26. The third kappa shape index (κ3) is 4.71. The van der Waals surface area contributed by atoms with Gasteiger partial charge in [0.2, 0.25) is 0 Å². The van der Waals surface area contributed by atoms with Crippen molar-refractivity contribution in [1.29, 1.82) is 0 Å². The van der Waals surface area contributed by atoms with Crippen LogP contribution in [0.5, 0.6) is 0 Å². The second-order valence-electron chi connectivity index (χ2n) is 4.32. The standard InChI is InChI=1S/C14H16NO5PS2/c1-3-19-21(18,20-4-2)13-10-22-14(23-13)9-11-5-7-12(8-6-11)15(16)17/h5-10H,3-4H2,1-2H3/b14-9+. The maximum Gasteiger partial charge on any atom is 0.368 e. The fraction of sp³-hybridized carbons (Fsp3) is 0.286. The summed E-state index contributed by atoms with van der Waals surface area (Å²) in [5.74, 6) is 0. The summed E-state index contributed by atoms with van der Waals surface area (Å²) in [6, 6.07) is 6.26. The Morgan fingerprint density at radius 2 is 1.83 bits per heavy atom. The molecule has 0 spiro atoms. The highest BCUT2D eigenvalue weighted by Crippen LogP contribution is 2.66. The number of nitro benzene ring substituents is 1. The van der Waals surface area contributed by atoms with Crippen molar-refractivity contribution in [2.75, 3.05) is 13.2 Å². The first-order valence-electron chi connectivity index (χ1n) is 6.89. The quantitative estimate of drug-likeness (QED) is 0.358. The van der Waals surface area contributed by atoms with Crippen molar-refractivity contribution in [3.63, 3.8) is 0 Å². The lowest BCUT2D eigenvalue weighted by atomic mass is 10.2. The lowest BCUT2D eigenvalue weighted by molar-refractivity contribution is -0.384. The van der Waals surface area contributed by atoms with Crippen LogP contribution in [0.3, 0.4) is 0 Å². The van der Waals surface area contributed by atoms with Crippen molar-refractivity contribution in [3.05, 3.63) is 54.2 Å². The predicted molar refractivity (Wildman–Crippen MR) is 95.2 cm³/mol. The van der Waals surface area contributed by atoms with Gasteiger partial charge in [-0.3, -0.25) is 14.7 Å². The first kappa shape index (κ1) is 18.3. The molecule has 1 aliphatic rings. The van der Waals surface area contributed by atoms with Gasteiger partial charge in [0.1, 0.15) is 4.65 Å². The van der Waals surface area contributed by atoms with Crippen LogP contribution in [0, 0.1) is 10.1 Å². The molecule has 0 saturated carbocycles. The summed E-state index contributed by atoms with van der Waals surface area (Å²) in [6.07, 6.45) is 1.88. The second kappa shape index (κ2) is 8.17. The van der Waals surface area contributed by atoms with Gasteiger partial charge in [0.25, 0.3) is 5.69 Å². The number of nitrogens with zero attached hydrogens (tertiary/aromatic N) is 1. The van der Waals surface area contributed by atoms with Gasteiger partial charge in [-0.05, 0) is 43.0 Å². The molecule has 1 aliphatic heterocycles. The fourth-order valence-electron chi connectivity index (χ4n) is 1.78. The van der Waals surface area contributed by atoms with Gasteiger partial charge < -0.3 is 9.05 Å². The van der Waals surface area contributed by atoms with E-state index >= 15 is 0 Å². The van der Waals surface area contributed by atoms with Crippen molar-refractivity contribution in [1.82, 2.24) is 0 Å². The Hall–Kier alpha value is -1.05. The van der Waals surface area contributed by atoms with E-state index < -0.39 is 12.5 Å². The Bertz CT molecular complexity index is 677. The van der Waals surface area contributed by atoms with Gasteiger partial charge in [0.15, 0.2) is 0 Å². The molecule has 0 fully saturated rings. The van der Waals surface area contributed by atoms with Crippen LogP contribution in [0.2, 0.25) is 0 Å². The third-order valence-electron chi connectivity index (χ3n) is 2.74. The highest BCUT2D eigenvalue weighted by Gasteiger charge is 2.33. The number of non-ortho nitro benzene ring substituents is 1. The Balaban J connectivity index is 2.11. The number of benzene rings is 1. The molecule has 0 saturated heterocycles. The molecule has 1 aromatic rings. The van der Waals surface area contributed by atoms with Crippen LogP contribution in [0.1, 0.15) is 19.4 Å². The molecule has 0 aromatic heterocycles. The van der Waals surface area contributed by atoms with Gasteiger partial charge in [-0.1, -0.05) is 23.5 Å². The lowest BCUT2D eigenvalue weighted by Gasteiger charge is -2.16. The summed E-state index contributed by atoms with van der Waals surface area (Å²) in [7, 11) is -3.26. The molecule has 1 heterocycles. The molecule has 23 heavy (non-hydrogen) atoms. The maximum atomic E-state index is 12.7. The van der Waals surface area contributed by atoms with Crippen LogP contribution in [0.4, 0.5) is 5.69 Å². The minimum Gasteiger partial charge on any atom is -0.305 e. The van der Waals surface area contributed by atoms with Crippen molar-refractivity contribution in [3.8, 4) is 0 Å². The van der Waals surface area contributed by atoms with E-state index in [0.29, 0.717) is 17.9 Å². The molecule has 9 heteroatoms. The third-order valence-corrected chi connectivity index (χ3v) is 7.76. The Labute approximate surface area is 143 Å². The monoisotopic (exact) mass is 373 g/mol. The van der Waals surface area contributed by atoms with Gasteiger partial charge >= 0.3 is 7.60 Å². The Kier molecular flexibility index (Phi) is 6.50. The number of thioether (sulfide) groups is 2. The van der Waals surface area contributed by atoms with Crippen LogP contribution in [-0.4, -0.2) is 18.1 Å². The molecule has 1 aromatic carbocycles. The molecule has 0 radical (unpaired) electrons. The highest BCUT2D eigenvalue weighted by molar-refractivity contribution is 8.31. The number of rotatable bonds is 7. The van der Waals surface area contributed by atoms with E-state index in [4.69, 9.17) is 9.05 Å². The SMILES string of the molecule is CCOP(=O)(OCC)C1=CS/C(=C\c2ccc([N+](=O)[O-])cc2)S1. The van der Waals surface area contributed by atoms with E-state index in [-0.39, 0.29) is 5.69 Å². The molecular formula is C14H16NO5PS2. The zero-order chi connectivity index (χ0) is 16.9. The zero-order valence-corrected chi connectivity index (χ0v) is 15.2. The predicted octanol–water partition coefficient (Wildman–Crippen LogP) is 5.44. The van der Waals surface area contributed by atoms with Crippen molar-refractivity contribution in [2.24, 2.45) is 0 Å². The summed E-state index contributed by atoms with van der Waals surface area (Å²) < 4.78 is 24.8. The van der Waals surface area contributed by atoms with E-state index in [1.165, 1.54) is 35.7 Å². The van der Waals surface area contributed by atoms with Crippen molar-refractivity contribution >= 4 is 42.9 Å². The van der Waals surface area contributed by atoms with E-state index in [1.807, 2.05) is 6.08 Å². The summed E-state index contributed by atoms with van der Waals surface area (Å²) in [6.45, 7) is 4.15. The highest BCUT2D eigenvalue weighted by atomic mass is 32.2. The summed E-state index contributed by atoms with van der Waals surface area (Å²) >= 11 is 2.77. The van der Waals surface area contributed by atoms with Gasteiger partial charge in [0, 0.05) is 12.1 Å². The van der Waals surface area contributed by atoms with Gasteiger partial charge in [0.05, 0.1) is 22.4 Å². The Morgan fingerprint density at radius 1 is 1.22 bits per heavy atom. The van der Waals surface area contributed by atoms with Crippen LogP contribution < -0.4 is 0 Å².